The topological polar surface area (TPSA) is 61.7 Å². The van der Waals surface area contributed by atoms with E-state index in [2.05, 4.69) is 51.7 Å². The van der Waals surface area contributed by atoms with Gasteiger partial charge in [0.25, 0.3) is 0 Å². The molecule has 0 fully saturated rings. The van der Waals surface area contributed by atoms with Crippen LogP contribution in [0.5, 0.6) is 0 Å². The first-order valence-corrected chi connectivity index (χ1v) is 7.15. The van der Waals surface area contributed by atoms with Crippen molar-refractivity contribution in [3.05, 3.63) is 33.5 Å². The number of imidazole rings is 1. The summed E-state index contributed by atoms with van der Waals surface area (Å²) in [4.78, 5) is 4.47. The molecule has 1 aromatic carbocycles. The smallest absolute Gasteiger partial charge is 0.207 e. The van der Waals surface area contributed by atoms with Crippen molar-refractivity contribution in [3.8, 4) is 5.69 Å². The number of nitrogens with zero attached hydrogens (tertiary/aromatic N) is 4. The molecule has 3 aromatic rings. The lowest BCUT2D eigenvalue weighted by Gasteiger charge is -2.07. The molecule has 0 aliphatic carbocycles. The molecule has 0 saturated heterocycles. The van der Waals surface area contributed by atoms with E-state index in [1.165, 1.54) is 0 Å². The third-order valence-corrected chi connectivity index (χ3v) is 3.80. The Balaban J connectivity index is 2.35. The second-order valence-electron chi connectivity index (χ2n) is 4.38. The zero-order valence-electron chi connectivity index (χ0n) is 10.8. The average Bonchev–Trinajstić information content (AvgIpc) is 2.86. The third-order valence-electron chi connectivity index (χ3n) is 3.13. The lowest BCUT2D eigenvalue weighted by atomic mass is 10.3. The van der Waals surface area contributed by atoms with Gasteiger partial charge in [0, 0.05) is 10.6 Å². The highest BCUT2D eigenvalue weighted by Crippen LogP contribution is 2.25. The van der Waals surface area contributed by atoms with Gasteiger partial charge in [0.2, 0.25) is 5.95 Å². The summed E-state index contributed by atoms with van der Waals surface area (Å²) in [7, 11) is 1.92. The minimum atomic E-state index is 0.500. The number of aryl methyl sites for hydroxylation is 2. The molecule has 0 aliphatic heterocycles. The maximum Gasteiger partial charge on any atom is 0.207 e. The van der Waals surface area contributed by atoms with Gasteiger partial charge < -0.3 is 5.73 Å². The Morgan fingerprint density at radius 3 is 2.84 bits per heavy atom. The predicted molar refractivity (Wildman–Crippen MR) is 84.3 cm³/mol. The van der Waals surface area contributed by atoms with Crippen LogP contribution in [0.25, 0.3) is 16.9 Å². The van der Waals surface area contributed by atoms with Crippen molar-refractivity contribution in [2.24, 2.45) is 7.05 Å². The predicted octanol–water partition coefficient (Wildman–Crippen LogP) is 2.51. The second-order valence-corrected chi connectivity index (χ2v) is 5.63. The normalized spacial score (nSPS) is 11.3. The summed E-state index contributed by atoms with van der Waals surface area (Å²) in [6, 6.07) is 8.17. The van der Waals surface area contributed by atoms with E-state index < -0.39 is 0 Å². The summed E-state index contributed by atoms with van der Waals surface area (Å²) < 4.78 is 4.95. The fraction of sp³-hybridized carbons (Fsp3) is 0.231. The fourth-order valence-electron chi connectivity index (χ4n) is 2.30. The summed E-state index contributed by atoms with van der Waals surface area (Å²) in [6.07, 6.45) is 0.847. The van der Waals surface area contributed by atoms with Crippen molar-refractivity contribution in [3.63, 3.8) is 0 Å². The molecular formula is C13H14IN5. The molecule has 0 radical (unpaired) electrons. The Morgan fingerprint density at radius 2 is 2.16 bits per heavy atom. The van der Waals surface area contributed by atoms with Crippen LogP contribution in [0.1, 0.15) is 12.6 Å². The van der Waals surface area contributed by atoms with Gasteiger partial charge >= 0.3 is 0 Å². The number of rotatable bonds is 2. The highest BCUT2D eigenvalue weighted by atomic mass is 127. The standard InChI is InChI=1S/C13H14IN5/c1-3-10-11-12(18(2)17-10)19(13(15)16-11)9-6-4-5-8(14)7-9/h4-7H,3H2,1-2H3,(H2,15,16). The van der Waals surface area contributed by atoms with Gasteiger partial charge in [0.15, 0.2) is 5.65 Å². The Hall–Kier alpha value is -1.57. The first-order valence-electron chi connectivity index (χ1n) is 6.07. The first-order chi connectivity index (χ1) is 9.11. The third kappa shape index (κ3) is 1.90. The molecule has 2 N–H and O–H groups in total. The van der Waals surface area contributed by atoms with Crippen molar-refractivity contribution in [2.45, 2.75) is 13.3 Å². The van der Waals surface area contributed by atoms with E-state index in [1.54, 1.807) is 0 Å². The molecule has 0 aliphatic rings. The number of aromatic nitrogens is 4. The number of benzene rings is 1. The van der Waals surface area contributed by atoms with Crippen LogP contribution in [-0.4, -0.2) is 19.3 Å². The van der Waals surface area contributed by atoms with Crippen LogP contribution < -0.4 is 5.73 Å². The van der Waals surface area contributed by atoms with Crippen molar-refractivity contribution in [1.29, 1.82) is 0 Å². The van der Waals surface area contributed by atoms with Crippen LogP contribution in [0.4, 0.5) is 5.95 Å². The minimum Gasteiger partial charge on any atom is -0.369 e. The van der Waals surface area contributed by atoms with Crippen LogP contribution in [0.3, 0.4) is 0 Å². The first kappa shape index (κ1) is 12.5. The van der Waals surface area contributed by atoms with Crippen molar-refractivity contribution < 1.29 is 0 Å². The van der Waals surface area contributed by atoms with E-state index in [0.717, 1.165) is 32.5 Å². The maximum atomic E-state index is 6.08. The molecule has 0 saturated carbocycles. The van der Waals surface area contributed by atoms with Crippen molar-refractivity contribution in [1.82, 2.24) is 19.3 Å². The second kappa shape index (κ2) is 4.52. The van der Waals surface area contributed by atoms with E-state index in [4.69, 9.17) is 5.73 Å². The quantitative estimate of drug-likeness (QED) is 0.708. The van der Waals surface area contributed by atoms with Gasteiger partial charge in [-0.3, -0.25) is 4.57 Å². The van der Waals surface area contributed by atoms with Crippen molar-refractivity contribution in [2.75, 3.05) is 5.73 Å². The Kier molecular flexibility index (Phi) is 2.96. The number of hydrogen-bond donors (Lipinski definition) is 1. The molecule has 98 valence electrons. The van der Waals surface area contributed by atoms with Gasteiger partial charge in [-0.05, 0) is 47.2 Å². The van der Waals surface area contributed by atoms with E-state index >= 15 is 0 Å². The van der Waals surface area contributed by atoms with Crippen LogP contribution in [0.2, 0.25) is 0 Å². The van der Waals surface area contributed by atoms with Gasteiger partial charge in [0.05, 0.1) is 11.4 Å². The maximum absolute atomic E-state index is 6.08. The highest BCUT2D eigenvalue weighted by molar-refractivity contribution is 14.1. The van der Waals surface area contributed by atoms with Gasteiger partial charge in [-0.2, -0.15) is 5.10 Å². The largest absolute Gasteiger partial charge is 0.369 e. The van der Waals surface area contributed by atoms with Crippen molar-refractivity contribution >= 4 is 39.7 Å². The molecule has 0 bridgehead atoms. The van der Waals surface area contributed by atoms with Gasteiger partial charge in [-0.1, -0.05) is 13.0 Å². The lowest BCUT2D eigenvalue weighted by Crippen LogP contribution is -2.05. The number of halogens is 1. The number of nitrogens with two attached hydrogens (primary N) is 1. The summed E-state index contributed by atoms with van der Waals surface area (Å²) >= 11 is 2.29. The zero-order chi connectivity index (χ0) is 13.6. The molecule has 5 nitrogen and oxygen atoms in total. The molecule has 3 rings (SSSR count). The Morgan fingerprint density at radius 1 is 1.37 bits per heavy atom. The van der Waals surface area contributed by atoms with Gasteiger partial charge in [-0.25, -0.2) is 9.67 Å². The van der Waals surface area contributed by atoms with Crippen LogP contribution in [0.15, 0.2) is 24.3 Å². The van der Waals surface area contributed by atoms with E-state index in [0.29, 0.717) is 5.95 Å². The number of fused-ring (bicyclic) bond motifs is 1. The van der Waals surface area contributed by atoms with Crippen LogP contribution in [0, 0.1) is 3.57 Å². The Bertz CT molecular complexity index is 756. The molecule has 6 heteroatoms. The zero-order valence-corrected chi connectivity index (χ0v) is 12.9. The minimum absolute atomic E-state index is 0.500. The summed E-state index contributed by atoms with van der Waals surface area (Å²) in [5.41, 5.74) is 9.90. The number of anilines is 1. The SMILES string of the molecule is CCc1nn(C)c2c1nc(N)n2-c1cccc(I)c1. The molecule has 2 heterocycles. The van der Waals surface area contributed by atoms with Crippen LogP contribution in [-0.2, 0) is 13.5 Å². The highest BCUT2D eigenvalue weighted by Gasteiger charge is 2.17. The molecule has 0 amide bonds. The van der Waals surface area contributed by atoms with Crippen LogP contribution >= 0.6 is 22.6 Å². The van der Waals surface area contributed by atoms with E-state index in [1.807, 2.05) is 28.4 Å². The monoisotopic (exact) mass is 367 g/mol. The molecule has 0 unspecified atom stereocenters. The lowest BCUT2D eigenvalue weighted by molar-refractivity contribution is 0.751. The van der Waals surface area contributed by atoms with E-state index in [9.17, 15) is 0 Å². The molecule has 2 aromatic heterocycles. The number of hydrogen-bond acceptors (Lipinski definition) is 3. The Labute approximate surface area is 124 Å². The summed E-state index contributed by atoms with van der Waals surface area (Å²) in [6.45, 7) is 2.07. The van der Waals surface area contributed by atoms with Gasteiger partial charge in [-0.15, -0.1) is 0 Å². The average molecular weight is 367 g/mol. The molecule has 0 atom stereocenters. The molecule has 19 heavy (non-hydrogen) atoms. The summed E-state index contributed by atoms with van der Waals surface area (Å²) in [5, 5.41) is 4.49. The van der Waals surface area contributed by atoms with E-state index in [-0.39, 0.29) is 0 Å². The number of nitrogen functional groups attached to an aromatic ring is 1. The fourth-order valence-corrected chi connectivity index (χ4v) is 2.83. The molecular weight excluding hydrogens is 353 g/mol. The molecule has 0 spiro atoms. The summed E-state index contributed by atoms with van der Waals surface area (Å²) in [5.74, 6) is 0.500. The van der Waals surface area contributed by atoms with Gasteiger partial charge in [0.1, 0.15) is 5.52 Å².